The molecule has 2 aromatic carbocycles. The van der Waals surface area contributed by atoms with E-state index in [-0.39, 0.29) is 52.4 Å². The van der Waals surface area contributed by atoms with E-state index in [1.165, 1.54) is 18.0 Å². The van der Waals surface area contributed by atoms with Gasteiger partial charge in [0.2, 0.25) is 11.8 Å². The van der Waals surface area contributed by atoms with Gasteiger partial charge in [-0.2, -0.15) is 0 Å². The van der Waals surface area contributed by atoms with Crippen molar-refractivity contribution in [2.45, 2.75) is 71.9 Å². The highest BCUT2D eigenvalue weighted by atomic mass is 19.1. The summed E-state index contributed by atoms with van der Waals surface area (Å²) < 4.78 is 15.5. The van der Waals surface area contributed by atoms with E-state index in [9.17, 15) is 24.0 Å². The Morgan fingerprint density at radius 2 is 1.59 bits per heavy atom. The van der Waals surface area contributed by atoms with Gasteiger partial charge in [-0.1, -0.05) is 27.7 Å². The minimum absolute atomic E-state index is 0.0138. The molecular formula is C39H51FN6O5. The van der Waals surface area contributed by atoms with Gasteiger partial charge in [0.15, 0.2) is 6.29 Å². The van der Waals surface area contributed by atoms with Gasteiger partial charge in [0.1, 0.15) is 11.9 Å². The van der Waals surface area contributed by atoms with Gasteiger partial charge >= 0.3 is 0 Å². The molecule has 0 spiro atoms. The number of amides is 4. The number of anilines is 2. The third-order valence-corrected chi connectivity index (χ3v) is 11.6. The van der Waals surface area contributed by atoms with Crippen LogP contribution < -0.4 is 20.4 Å². The summed E-state index contributed by atoms with van der Waals surface area (Å²) in [7, 11) is 1.42. The molecule has 4 fully saturated rings. The standard InChI is InChI=1S/C39H51FN6O5/c1-38(2)24-39(3,4)37(38)42-34(49)26-6-8-28(9-7-26)45-14-12-25(13-15-45)22-44-16-18-46(19-17-44)32-20-27(23-47)29(21-30(32)40)36(51)43(5)31-10-11-33(48)41-35(31)50/h6-9,20-21,23,25,31,37H,10-19,22,24H2,1-5H3,(H,42,49)(H,41,48,50). The minimum Gasteiger partial charge on any atom is -0.372 e. The summed E-state index contributed by atoms with van der Waals surface area (Å²) in [5, 5.41) is 5.50. The minimum atomic E-state index is -0.874. The van der Waals surface area contributed by atoms with Crippen molar-refractivity contribution < 1.29 is 28.4 Å². The molecule has 2 aromatic rings. The lowest BCUT2D eigenvalue weighted by Crippen LogP contribution is -2.63. The third kappa shape index (κ3) is 7.66. The summed E-state index contributed by atoms with van der Waals surface area (Å²) in [6, 6.07) is 9.77. The average Bonchev–Trinajstić information content (AvgIpc) is 3.10. The molecule has 274 valence electrons. The predicted octanol–water partition coefficient (Wildman–Crippen LogP) is 4.11. The second-order valence-corrected chi connectivity index (χ2v) is 16.2. The molecule has 6 rings (SSSR count). The van der Waals surface area contributed by atoms with Crippen LogP contribution in [0.5, 0.6) is 0 Å². The van der Waals surface area contributed by atoms with Crippen molar-refractivity contribution in [1.82, 2.24) is 20.4 Å². The number of likely N-dealkylation sites (N-methyl/N-ethyl adjacent to an activating group) is 1. The van der Waals surface area contributed by atoms with Gasteiger partial charge in [-0.3, -0.25) is 34.2 Å². The molecule has 11 nitrogen and oxygen atoms in total. The summed E-state index contributed by atoms with van der Waals surface area (Å²) in [5.74, 6) is -1.69. The number of aldehydes is 1. The van der Waals surface area contributed by atoms with E-state index in [1.54, 1.807) is 0 Å². The number of rotatable bonds is 9. The van der Waals surface area contributed by atoms with Gasteiger partial charge in [0.05, 0.1) is 11.3 Å². The highest BCUT2D eigenvalue weighted by Gasteiger charge is 2.53. The number of carbonyl (C=O) groups is 5. The molecule has 1 atom stereocenters. The molecule has 1 aliphatic carbocycles. The summed E-state index contributed by atoms with van der Waals surface area (Å²) in [5.41, 5.74) is 2.26. The van der Waals surface area contributed by atoms with Gasteiger partial charge in [-0.15, -0.1) is 0 Å². The Morgan fingerprint density at radius 3 is 2.18 bits per heavy atom. The summed E-state index contributed by atoms with van der Waals surface area (Å²) in [6.07, 6.45) is 4.03. The van der Waals surface area contributed by atoms with Crippen LogP contribution in [0.3, 0.4) is 0 Å². The predicted molar refractivity (Wildman–Crippen MR) is 194 cm³/mol. The highest BCUT2D eigenvalue weighted by Crippen LogP contribution is 2.53. The average molecular weight is 703 g/mol. The summed E-state index contributed by atoms with van der Waals surface area (Å²) >= 11 is 0. The molecule has 1 saturated carbocycles. The summed E-state index contributed by atoms with van der Waals surface area (Å²) in [6.45, 7) is 14.4. The van der Waals surface area contributed by atoms with Gasteiger partial charge in [0, 0.05) is 82.1 Å². The van der Waals surface area contributed by atoms with Crippen molar-refractivity contribution in [1.29, 1.82) is 0 Å². The molecular weight excluding hydrogens is 651 g/mol. The monoisotopic (exact) mass is 702 g/mol. The van der Waals surface area contributed by atoms with Crippen LogP contribution in [0.4, 0.5) is 15.8 Å². The Kier molecular flexibility index (Phi) is 10.3. The zero-order chi connectivity index (χ0) is 36.7. The van der Waals surface area contributed by atoms with Crippen LogP contribution in [0.25, 0.3) is 0 Å². The number of nitrogens with zero attached hydrogens (tertiary/aromatic N) is 4. The highest BCUT2D eigenvalue weighted by molar-refractivity contribution is 6.06. The molecule has 51 heavy (non-hydrogen) atoms. The number of hydrogen-bond acceptors (Lipinski definition) is 8. The first-order valence-electron chi connectivity index (χ1n) is 18.2. The maximum atomic E-state index is 15.5. The van der Waals surface area contributed by atoms with Gasteiger partial charge in [0.25, 0.3) is 11.8 Å². The van der Waals surface area contributed by atoms with E-state index in [0.29, 0.717) is 30.9 Å². The number of halogens is 1. The van der Waals surface area contributed by atoms with E-state index in [0.717, 1.165) is 63.7 Å². The zero-order valence-corrected chi connectivity index (χ0v) is 30.5. The molecule has 3 heterocycles. The van der Waals surface area contributed by atoms with Crippen molar-refractivity contribution in [2.75, 3.05) is 62.7 Å². The van der Waals surface area contributed by atoms with Gasteiger partial charge in [-0.05, 0) is 78.8 Å². The molecule has 3 saturated heterocycles. The molecule has 12 heteroatoms. The molecule has 4 aliphatic rings. The number of piperidine rings is 2. The Hall–Kier alpha value is -4.32. The smallest absolute Gasteiger partial charge is 0.255 e. The summed E-state index contributed by atoms with van der Waals surface area (Å²) in [4.78, 5) is 70.0. The van der Waals surface area contributed by atoms with E-state index in [1.807, 2.05) is 17.0 Å². The number of imide groups is 1. The first-order valence-corrected chi connectivity index (χ1v) is 18.2. The molecule has 3 aliphatic heterocycles. The van der Waals surface area contributed by atoms with Gasteiger partial charge < -0.3 is 20.0 Å². The maximum Gasteiger partial charge on any atom is 0.255 e. The fourth-order valence-corrected chi connectivity index (χ4v) is 9.13. The van der Waals surface area contributed by atoms with E-state index >= 15 is 4.39 Å². The van der Waals surface area contributed by atoms with Crippen LogP contribution in [0, 0.1) is 22.6 Å². The second-order valence-electron chi connectivity index (χ2n) is 16.2. The molecule has 4 amide bonds. The Balaban J connectivity index is 0.975. The zero-order valence-electron chi connectivity index (χ0n) is 30.5. The van der Waals surface area contributed by atoms with Crippen molar-refractivity contribution in [3.05, 3.63) is 58.9 Å². The van der Waals surface area contributed by atoms with Crippen LogP contribution in [0.2, 0.25) is 0 Å². The van der Waals surface area contributed by atoms with Crippen molar-refractivity contribution in [2.24, 2.45) is 16.7 Å². The molecule has 1 unspecified atom stereocenters. The maximum absolute atomic E-state index is 15.5. The molecule has 0 radical (unpaired) electrons. The SMILES string of the molecule is CN(C(=O)c1cc(F)c(N2CCN(CC3CCN(c4ccc(C(=O)NC5C(C)(C)CC5(C)C)cc4)CC3)CC2)cc1C=O)C1CCC(=O)NC1=O. The fraction of sp³-hybridized carbons (Fsp3) is 0.564. The van der Waals surface area contributed by atoms with Crippen molar-refractivity contribution >= 4 is 41.3 Å². The normalized spacial score (nSPS) is 22.6. The van der Waals surface area contributed by atoms with Crippen molar-refractivity contribution in [3.63, 3.8) is 0 Å². The number of hydrogen-bond donors (Lipinski definition) is 2. The Labute approximate surface area is 299 Å². The Morgan fingerprint density at radius 1 is 0.941 bits per heavy atom. The second kappa shape index (κ2) is 14.4. The fourth-order valence-electron chi connectivity index (χ4n) is 9.13. The quantitative estimate of drug-likeness (QED) is 0.296. The van der Waals surface area contributed by atoms with Gasteiger partial charge in [-0.25, -0.2) is 4.39 Å². The lowest BCUT2D eigenvalue weighted by molar-refractivity contribution is -0.136. The lowest BCUT2D eigenvalue weighted by Gasteiger charge is -2.57. The van der Waals surface area contributed by atoms with Crippen molar-refractivity contribution in [3.8, 4) is 0 Å². The lowest BCUT2D eigenvalue weighted by atomic mass is 9.52. The van der Waals surface area contributed by atoms with E-state index in [4.69, 9.17) is 0 Å². The van der Waals surface area contributed by atoms with Crippen LogP contribution in [-0.4, -0.2) is 105 Å². The molecule has 0 aromatic heterocycles. The van der Waals surface area contributed by atoms with Crippen LogP contribution in [0.15, 0.2) is 36.4 Å². The largest absolute Gasteiger partial charge is 0.372 e. The van der Waals surface area contributed by atoms with E-state index in [2.05, 4.69) is 60.3 Å². The third-order valence-electron chi connectivity index (χ3n) is 11.6. The molecule has 2 N–H and O–H groups in total. The number of carbonyl (C=O) groups excluding carboxylic acids is 5. The van der Waals surface area contributed by atoms with Crippen LogP contribution >= 0.6 is 0 Å². The number of nitrogens with one attached hydrogen (secondary N) is 2. The van der Waals surface area contributed by atoms with Crippen LogP contribution in [0.1, 0.15) is 90.9 Å². The van der Waals surface area contributed by atoms with E-state index < -0.39 is 29.6 Å². The van der Waals surface area contributed by atoms with Crippen LogP contribution in [-0.2, 0) is 9.59 Å². The first-order chi connectivity index (χ1) is 24.2. The Bertz CT molecular complexity index is 1660. The molecule has 0 bridgehead atoms. The number of benzene rings is 2. The topological polar surface area (TPSA) is 122 Å². The first kappa shape index (κ1) is 36.5. The number of piperazine rings is 1.